The summed E-state index contributed by atoms with van der Waals surface area (Å²) in [5, 5.41) is 0. The third-order valence-electron chi connectivity index (χ3n) is 5.08. The van der Waals surface area contributed by atoms with Gasteiger partial charge in [0.15, 0.2) is 0 Å². The largest absolute Gasteiger partial charge is 0.427 e. The number of ether oxygens (including phenoxy) is 1. The molecule has 6 heteroatoms. The first-order valence-electron chi connectivity index (χ1n) is 9.69. The maximum absolute atomic E-state index is 12.3. The van der Waals surface area contributed by atoms with Crippen molar-refractivity contribution >= 4 is 16.1 Å². The number of aryl methyl sites for hydroxylation is 1. The number of carbonyl (C=O) groups excluding carboxylic acids is 1. The van der Waals surface area contributed by atoms with E-state index in [1.807, 2.05) is 12.1 Å². The molecule has 0 unspecified atom stereocenters. The van der Waals surface area contributed by atoms with Crippen LogP contribution in [0.15, 0.2) is 53.4 Å². The minimum absolute atomic E-state index is 0.0531. The highest BCUT2D eigenvalue weighted by molar-refractivity contribution is 7.86. The van der Waals surface area contributed by atoms with E-state index in [1.54, 1.807) is 43.3 Å². The first-order chi connectivity index (χ1) is 13.4. The quantitative estimate of drug-likeness (QED) is 0.371. The van der Waals surface area contributed by atoms with Gasteiger partial charge in [-0.15, -0.1) is 0 Å². The highest BCUT2D eigenvalue weighted by Crippen LogP contribution is 2.28. The van der Waals surface area contributed by atoms with Crippen molar-refractivity contribution in [3.05, 3.63) is 59.7 Å². The predicted octanol–water partition coefficient (Wildman–Crippen LogP) is 4.43. The van der Waals surface area contributed by atoms with Gasteiger partial charge in [0.2, 0.25) is 0 Å². The van der Waals surface area contributed by atoms with Crippen molar-refractivity contribution in [1.29, 1.82) is 0 Å². The van der Waals surface area contributed by atoms with E-state index in [9.17, 15) is 13.2 Å². The van der Waals surface area contributed by atoms with E-state index in [0.717, 1.165) is 18.4 Å². The van der Waals surface area contributed by atoms with Crippen LogP contribution in [0.3, 0.4) is 0 Å². The molecule has 3 rings (SSSR count). The second-order valence-electron chi connectivity index (χ2n) is 7.26. The molecule has 0 saturated heterocycles. The second-order valence-corrected chi connectivity index (χ2v) is 8.85. The van der Waals surface area contributed by atoms with Crippen LogP contribution in [0.4, 0.5) is 0 Å². The lowest BCUT2D eigenvalue weighted by Crippen LogP contribution is -2.12. The topological polar surface area (TPSA) is 69.7 Å². The van der Waals surface area contributed by atoms with Crippen molar-refractivity contribution in [2.75, 3.05) is 6.61 Å². The Morgan fingerprint density at radius 1 is 1.04 bits per heavy atom. The minimum atomic E-state index is -3.77. The Balaban J connectivity index is 1.48. The Labute approximate surface area is 166 Å². The van der Waals surface area contributed by atoms with Crippen molar-refractivity contribution in [3.63, 3.8) is 0 Å². The molecule has 1 aliphatic rings. The van der Waals surface area contributed by atoms with Crippen LogP contribution in [0.25, 0.3) is 0 Å². The Kier molecular flexibility index (Phi) is 6.86. The van der Waals surface area contributed by atoms with Crippen LogP contribution >= 0.6 is 0 Å². The average Bonchev–Trinajstić information content (AvgIpc) is 3.16. The third-order valence-corrected chi connectivity index (χ3v) is 6.55. The summed E-state index contributed by atoms with van der Waals surface area (Å²) in [5.41, 5.74) is 1.57. The van der Waals surface area contributed by atoms with Crippen molar-refractivity contribution in [3.8, 4) is 5.75 Å². The number of benzene rings is 2. The van der Waals surface area contributed by atoms with Gasteiger partial charge in [-0.05, 0) is 61.4 Å². The molecule has 2 aromatic carbocycles. The Hall–Kier alpha value is -2.18. The van der Waals surface area contributed by atoms with Crippen LogP contribution < -0.4 is 4.74 Å². The van der Waals surface area contributed by atoms with E-state index < -0.39 is 10.1 Å². The van der Waals surface area contributed by atoms with Crippen LogP contribution in [0.2, 0.25) is 0 Å². The molecule has 0 heterocycles. The van der Waals surface area contributed by atoms with E-state index in [1.165, 1.54) is 12.8 Å². The summed E-state index contributed by atoms with van der Waals surface area (Å²) < 4.78 is 35.1. The number of rotatable bonds is 8. The van der Waals surface area contributed by atoms with Gasteiger partial charge < -0.3 is 4.74 Å². The van der Waals surface area contributed by atoms with Gasteiger partial charge in [0.25, 0.3) is 10.1 Å². The van der Waals surface area contributed by atoms with Gasteiger partial charge in [0.1, 0.15) is 5.75 Å². The summed E-state index contributed by atoms with van der Waals surface area (Å²) in [7, 11) is -3.77. The van der Waals surface area contributed by atoms with Crippen LogP contribution in [0.1, 0.15) is 43.2 Å². The van der Waals surface area contributed by atoms with Crippen molar-refractivity contribution in [2.45, 2.75) is 50.3 Å². The molecule has 28 heavy (non-hydrogen) atoms. The third kappa shape index (κ3) is 5.66. The van der Waals surface area contributed by atoms with Gasteiger partial charge in [-0.1, -0.05) is 43.2 Å². The molecule has 0 atom stereocenters. The fraction of sp³-hybridized carbons (Fsp3) is 0.409. The first kappa shape index (κ1) is 20.6. The molecule has 1 saturated carbocycles. The van der Waals surface area contributed by atoms with E-state index in [4.69, 9.17) is 8.92 Å². The maximum atomic E-state index is 12.3. The summed E-state index contributed by atoms with van der Waals surface area (Å²) in [4.78, 5) is 12.2. The van der Waals surface area contributed by atoms with E-state index in [-0.39, 0.29) is 17.5 Å². The van der Waals surface area contributed by atoms with Crippen LogP contribution in [-0.2, 0) is 25.5 Å². The monoisotopic (exact) mass is 402 g/mol. The Morgan fingerprint density at radius 3 is 2.39 bits per heavy atom. The van der Waals surface area contributed by atoms with Crippen LogP contribution in [-0.4, -0.2) is 21.0 Å². The molecule has 2 aromatic rings. The highest BCUT2D eigenvalue weighted by Gasteiger charge is 2.20. The molecule has 1 aliphatic carbocycles. The Bertz CT molecular complexity index is 897. The number of esters is 1. The van der Waals surface area contributed by atoms with E-state index in [2.05, 4.69) is 0 Å². The molecule has 0 amide bonds. The lowest BCUT2D eigenvalue weighted by Gasteiger charge is -2.10. The average molecular weight is 403 g/mol. The van der Waals surface area contributed by atoms with Gasteiger partial charge in [0, 0.05) is 6.42 Å². The van der Waals surface area contributed by atoms with Gasteiger partial charge in [-0.3, -0.25) is 8.98 Å². The zero-order valence-corrected chi connectivity index (χ0v) is 16.9. The second kappa shape index (κ2) is 9.34. The highest BCUT2D eigenvalue weighted by atomic mass is 32.2. The Morgan fingerprint density at radius 2 is 1.71 bits per heavy atom. The van der Waals surface area contributed by atoms with Gasteiger partial charge in [0.05, 0.1) is 11.5 Å². The molecule has 0 bridgehead atoms. The fourth-order valence-electron chi connectivity index (χ4n) is 3.52. The summed E-state index contributed by atoms with van der Waals surface area (Å²) in [6, 6.07) is 13.9. The summed E-state index contributed by atoms with van der Waals surface area (Å²) >= 11 is 0. The zero-order valence-electron chi connectivity index (χ0n) is 16.1. The van der Waals surface area contributed by atoms with Crippen LogP contribution in [0.5, 0.6) is 5.75 Å². The van der Waals surface area contributed by atoms with Crippen LogP contribution in [0, 0.1) is 12.8 Å². The SMILES string of the molecule is Cc1ccccc1S(=O)(=O)OCCc1ccc(OC(=O)CC2CCCC2)cc1. The number of hydrogen-bond acceptors (Lipinski definition) is 5. The van der Waals surface area contributed by atoms with Crippen molar-refractivity contribution in [1.82, 2.24) is 0 Å². The predicted molar refractivity (Wildman–Crippen MR) is 107 cm³/mol. The van der Waals surface area contributed by atoms with Crippen molar-refractivity contribution in [2.24, 2.45) is 5.92 Å². The molecule has 0 radical (unpaired) electrons. The smallest absolute Gasteiger partial charge is 0.311 e. The molecule has 150 valence electrons. The molecular weight excluding hydrogens is 376 g/mol. The van der Waals surface area contributed by atoms with Crippen molar-refractivity contribution < 1.29 is 22.1 Å². The molecule has 0 aliphatic heterocycles. The summed E-state index contributed by atoms with van der Waals surface area (Å²) in [5.74, 6) is 0.784. The van der Waals surface area contributed by atoms with E-state index >= 15 is 0 Å². The lowest BCUT2D eigenvalue weighted by atomic mass is 10.0. The molecule has 1 fully saturated rings. The summed E-state index contributed by atoms with van der Waals surface area (Å²) in [6.45, 7) is 1.79. The number of hydrogen-bond donors (Lipinski definition) is 0. The van der Waals surface area contributed by atoms with Gasteiger partial charge in [-0.25, -0.2) is 0 Å². The molecule has 0 N–H and O–H groups in total. The van der Waals surface area contributed by atoms with E-state index in [0.29, 0.717) is 30.1 Å². The normalized spacial score (nSPS) is 14.9. The lowest BCUT2D eigenvalue weighted by molar-refractivity contribution is -0.135. The molecule has 0 aromatic heterocycles. The van der Waals surface area contributed by atoms with Gasteiger partial charge in [-0.2, -0.15) is 8.42 Å². The number of carbonyl (C=O) groups is 1. The fourth-order valence-corrected chi connectivity index (χ4v) is 4.65. The standard InChI is InChI=1S/C22H26O5S/c1-17-6-2-5-9-21(17)28(24,25)26-15-14-18-10-12-20(13-11-18)27-22(23)16-19-7-3-4-8-19/h2,5-6,9-13,19H,3-4,7-8,14-16H2,1H3. The molecular formula is C22H26O5S. The first-order valence-corrected chi connectivity index (χ1v) is 11.1. The molecule has 0 spiro atoms. The van der Waals surface area contributed by atoms with Gasteiger partial charge >= 0.3 is 5.97 Å². The molecule has 5 nitrogen and oxygen atoms in total. The summed E-state index contributed by atoms with van der Waals surface area (Å²) in [6.07, 6.45) is 5.55. The maximum Gasteiger partial charge on any atom is 0.311 e. The zero-order chi connectivity index (χ0) is 20.0. The minimum Gasteiger partial charge on any atom is -0.427 e.